The predicted molar refractivity (Wildman–Crippen MR) is 102 cm³/mol. The highest BCUT2D eigenvalue weighted by Gasteiger charge is 2.54. The fraction of sp³-hybridized carbons (Fsp3) is 0.421. The van der Waals surface area contributed by atoms with Gasteiger partial charge < -0.3 is 0 Å². The van der Waals surface area contributed by atoms with Crippen LogP contribution in [0.25, 0.3) is 0 Å². The van der Waals surface area contributed by atoms with Crippen LogP contribution >= 0.6 is 0 Å². The molecule has 28 heavy (non-hydrogen) atoms. The molecule has 0 spiro atoms. The molecule has 3 heterocycles. The molecule has 1 aromatic rings. The Hall–Kier alpha value is -3.10. The van der Waals surface area contributed by atoms with Gasteiger partial charge in [-0.3, -0.25) is 14.6 Å². The first-order valence-corrected chi connectivity index (χ1v) is 9.17. The Morgan fingerprint density at radius 3 is 2.57 bits per heavy atom. The lowest BCUT2D eigenvalue weighted by atomic mass is 10.1. The van der Waals surface area contributed by atoms with Crippen molar-refractivity contribution < 1.29 is 18.6 Å². The topological polar surface area (TPSA) is 71.6 Å². The maximum absolute atomic E-state index is 13.3. The monoisotopic (exact) mass is 385 g/mol. The van der Waals surface area contributed by atoms with Gasteiger partial charge in [0.05, 0.1) is 18.3 Å². The lowest BCUT2D eigenvalue weighted by molar-refractivity contribution is -0.528. The normalized spacial score (nSPS) is 21.9. The molecule has 1 saturated heterocycles. The van der Waals surface area contributed by atoms with E-state index < -0.39 is 12.1 Å². The van der Waals surface area contributed by atoms with E-state index in [9.17, 15) is 14.0 Å². The van der Waals surface area contributed by atoms with E-state index in [0.29, 0.717) is 23.9 Å². The molecule has 1 aromatic carbocycles. The summed E-state index contributed by atoms with van der Waals surface area (Å²) in [6.45, 7) is 6.44. The van der Waals surface area contributed by atoms with Gasteiger partial charge in [-0.25, -0.2) is 13.8 Å². The van der Waals surface area contributed by atoms with Gasteiger partial charge in [0.15, 0.2) is 0 Å². The highest BCUT2D eigenvalue weighted by Crippen LogP contribution is 2.25. The Balaban J connectivity index is 1.70. The molecule has 1 unspecified atom stereocenters. The number of halogens is 1. The quantitative estimate of drug-likeness (QED) is 0.740. The van der Waals surface area contributed by atoms with E-state index >= 15 is 0 Å². The zero-order valence-electron chi connectivity index (χ0n) is 16.3. The molecule has 0 radical (unpaired) electrons. The van der Waals surface area contributed by atoms with Gasteiger partial charge in [-0.1, -0.05) is 17.1 Å². The second-order valence-corrected chi connectivity index (χ2v) is 7.47. The summed E-state index contributed by atoms with van der Waals surface area (Å²) in [7, 11) is 1.62. The largest absolute Gasteiger partial charge is 0.416 e. The molecule has 146 valence electrons. The standard InChI is InChI=1S/C19H22FN6O2/c1-11(2)26-18-21-16-15(24(18)9-12(3)22-26)17(27)25(19(28)23(16)4)10-13-5-7-14(20)8-6-13/h5-8,11,15H,9-10H2,1-4H3/q+1. The van der Waals surface area contributed by atoms with Crippen LogP contribution in [0.4, 0.5) is 9.18 Å². The number of likely N-dealkylation sites (N-methyl/N-ethyl adjacent to an activating group) is 1. The van der Waals surface area contributed by atoms with Gasteiger partial charge in [-0.15, -0.1) is 10.1 Å². The van der Waals surface area contributed by atoms with Crippen LogP contribution in [0.15, 0.2) is 34.4 Å². The van der Waals surface area contributed by atoms with E-state index in [1.807, 2.05) is 25.3 Å². The van der Waals surface area contributed by atoms with Crippen molar-refractivity contribution >= 4 is 29.4 Å². The summed E-state index contributed by atoms with van der Waals surface area (Å²) in [5.74, 6) is 0.297. The number of imide groups is 1. The SMILES string of the molecule is CC1=NN(C(C)C)C2=[N+](C1)C1C(=O)N(Cc3ccc(F)cc3)C(=O)N(C)C1=N2. The molecular weight excluding hydrogens is 363 g/mol. The van der Waals surface area contributed by atoms with Crippen LogP contribution in [-0.2, 0) is 11.3 Å². The smallest absolute Gasteiger partial charge is 0.270 e. The Labute approximate surface area is 162 Å². The second-order valence-electron chi connectivity index (χ2n) is 7.47. The average molecular weight is 385 g/mol. The number of guanidine groups is 1. The molecule has 3 aliphatic heterocycles. The third-order valence-corrected chi connectivity index (χ3v) is 5.01. The van der Waals surface area contributed by atoms with Crippen molar-refractivity contribution in [3.05, 3.63) is 35.6 Å². The summed E-state index contributed by atoms with van der Waals surface area (Å²) in [5.41, 5.74) is 1.55. The molecule has 9 heteroatoms. The van der Waals surface area contributed by atoms with Crippen molar-refractivity contribution in [1.29, 1.82) is 0 Å². The highest BCUT2D eigenvalue weighted by atomic mass is 19.1. The van der Waals surface area contributed by atoms with E-state index in [1.54, 1.807) is 24.2 Å². The lowest BCUT2D eigenvalue weighted by Gasteiger charge is -2.34. The molecule has 4 rings (SSSR count). The number of nitrogens with zero attached hydrogens (tertiary/aromatic N) is 6. The van der Waals surface area contributed by atoms with Crippen molar-refractivity contribution in [1.82, 2.24) is 14.8 Å². The highest BCUT2D eigenvalue weighted by molar-refractivity contribution is 6.23. The van der Waals surface area contributed by atoms with E-state index in [1.165, 1.54) is 21.9 Å². The molecule has 0 aromatic heterocycles. The number of rotatable bonds is 3. The van der Waals surface area contributed by atoms with Crippen LogP contribution in [-0.4, -0.2) is 74.5 Å². The first-order chi connectivity index (χ1) is 13.3. The zero-order valence-corrected chi connectivity index (χ0v) is 16.3. The fourth-order valence-corrected chi connectivity index (χ4v) is 3.62. The minimum absolute atomic E-state index is 0.0590. The molecule has 1 atom stereocenters. The number of carbonyl (C=O) groups excluding carboxylic acids is 2. The predicted octanol–water partition coefficient (Wildman–Crippen LogP) is 1.47. The number of carbonyl (C=O) groups is 2. The molecule has 0 bridgehead atoms. The summed E-state index contributed by atoms with van der Waals surface area (Å²) >= 11 is 0. The van der Waals surface area contributed by atoms with E-state index in [0.717, 1.165) is 5.71 Å². The Morgan fingerprint density at radius 2 is 1.93 bits per heavy atom. The van der Waals surface area contributed by atoms with Crippen LogP contribution < -0.4 is 0 Å². The van der Waals surface area contributed by atoms with Gasteiger partial charge in [0.2, 0.25) is 11.9 Å². The van der Waals surface area contributed by atoms with Crippen molar-refractivity contribution in [3.63, 3.8) is 0 Å². The minimum Gasteiger partial charge on any atom is -0.270 e. The molecule has 8 nitrogen and oxygen atoms in total. The van der Waals surface area contributed by atoms with Gasteiger partial charge in [-0.2, -0.15) is 0 Å². The Morgan fingerprint density at radius 1 is 1.25 bits per heavy atom. The first kappa shape index (κ1) is 18.3. The van der Waals surface area contributed by atoms with Crippen molar-refractivity contribution in [2.24, 2.45) is 10.1 Å². The van der Waals surface area contributed by atoms with E-state index in [2.05, 4.69) is 10.1 Å². The molecule has 3 aliphatic rings. The van der Waals surface area contributed by atoms with Crippen molar-refractivity contribution in [2.75, 3.05) is 13.6 Å². The molecular formula is C19H22FN6O2+. The lowest BCUT2D eigenvalue weighted by Crippen LogP contribution is -2.63. The Kier molecular flexibility index (Phi) is 4.24. The van der Waals surface area contributed by atoms with Crippen LogP contribution in [0.1, 0.15) is 26.3 Å². The summed E-state index contributed by atoms with van der Waals surface area (Å²) in [4.78, 5) is 33.3. The maximum Gasteiger partial charge on any atom is 0.416 e. The van der Waals surface area contributed by atoms with E-state index in [4.69, 9.17) is 0 Å². The zero-order chi connectivity index (χ0) is 20.2. The van der Waals surface area contributed by atoms with Gasteiger partial charge in [0.25, 0.3) is 5.91 Å². The second kappa shape index (κ2) is 6.50. The third kappa shape index (κ3) is 2.78. The minimum atomic E-state index is -0.676. The summed E-state index contributed by atoms with van der Waals surface area (Å²) in [6, 6.07) is 4.72. The molecule has 0 N–H and O–H groups in total. The number of amidine groups is 1. The van der Waals surface area contributed by atoms with Crippen LogP contribution in [0.3, 0.4) is 0 Å². The number of amides is 3. The number of aliphatic imine (C=N–C) groups is 1. The molecule has 0 saturated carbocycles. The van der Waals surface area contributed by atoms with E-state index in [-0.39, 0.29) is 24.3 Å². The fourth-order valence-electron chi connectivity index (χ4n) is 3.62. The van der Waals surface area contributed by atoms with Crippen LogP contribution in [0.2, 0.25) is 0 Å². The van der Waals surface area contributed by atoms with Gasteiger partial charge >= 0.3 is 12.0 Å². The number of hydrazone groups is 1. The third-order valence-electron chi connectivity index (χ3n) is 5.01. The molecule has 0 aliphatic carbocycles. The Bertz CT molecular complexity index is 950. The maximum atomic E-state index is 13.3. The number of benzene rings is 1. The molecule has 3 amide bonds. The number of urea groups is 1. The number of fused-ring (bicyclic) bond motifs is 2. The first-order valence-electron chi connectivity index (χ1n) is 9.17. The van der Waals surface area contributed by atoms with Gasteiger partial charge in [0.1, 0.15) is 12.4 Å². The summed E-state index contributed by atoms with van der Waals surface area (Å²) in [6.07, 6.45) is 0. The average Bonchev–Trinajstić information content (AvgIpc) is 3.03. The number of hydrogen-bond acceptors (Lipinski definition) is 5. The van der Waals surface area contributed by atoms with Gasteiger partial charge in [0, 0.05) is 7.05 Å². The number of hydrogen-bond donors (Lipinski definition) is 0. The van der Waals surface area contributed by atoms with Crippen molar-refractivity contribution in [3.8, 4) is 0 Å². The van der Waals surface area contributed by atoms with Crippen LogP contribution in [0, 0.1) is 5.82 Å². The van der Waals surface area contributed by atoms with Crippen molar-refractivity contribution in [2.45, 2.75) is 39.4 Å². The van der Waals surface area contributed by atoms with Crippen LogP contribution in [0.5, 0.6) is 0 Å². The summed E-state index contributed by atoms with van der Waals surface area (Å²) < 4.78 is 15.1. The summed E-state index contributed by atoms with van der Waals surface area (Å²) in [5, 5.41) is 6.32. The van der Waals surface area contributed by atoms with Gasteiger partial charge in [-0.05, 0) is 38.5 Å². The molecule has 1 fully saturated rings.